The third kappa shape index (κ3) is 2.23. The molecule has 2 aliphatic rings. The average Bonchev–Trinajstić information content (AvgIpc) is 2.62. The maximum Gasteiger partial charge on any atom is 0.236 e. The Balaban J connectivity index is 0.00000147. The Hall–Kier alpha value is -1.06. The van der Waals surface area contributed by atoms with Gasteiger partial charge in [0.15, 0.2) is 0 Å². The van der Waals surface area contributed by atoms with Crippen molar-refractivity contribution in [1.29, 1.82) is 0 Å². The number of hydrogen-bond donors (Lipinski definition) is 1. The summed E-state index contributed by atoms with van der Waals surface area (Å²) in [5, 5.41) is 3.09. The van der Waals surface area contributed by atoms with E-state index in [4.69, 9.17) is 0 Å². The number of halogens is 1. The highest BCUT2D eigenvalue weighted by Crippen LogP contribution is 2.44. The van der Waals surface area contributed by atoms with Crippen molar-refractivity contribution in [3.05, 3.63) is 29.3 Å². The van der Waals surface area contributed by atoms with Crippen molar-refractivity contribution in [1.82, 2.24) is 4.90 Å². The van der Waals surface area contributed by atoms with Crippen molar-refractivity contribution in [3.63, 3.8) is 0 Å². The van der Waals surface area contributed by atoms with Crippen molar-refractivity contribution < 1.29 is 4.79 Å². The fourth-order valence-corrected chi connectivity index (χ4v) is 3.48. The predicted octanol–water partition coefficient (Wildman–Crippen LogP) is 3.11. The lowest BCUT2D eigenvalue weighted by atomic mass is 9.74. The summed E-state index contributed by atoms with van der Waals surface area (Å²) < 4.78 is 0. The molecule has 0 radical (unpaired) electrons. The first kappa shape index (κ1) is 15.3. The molecule has 1 aromatic rings. The molecular formula is C16H23ClN2O. The van der Waals surface area contributed by atoms with Gasteiger partial charge in [-0.3, -0.25) is 9.69 Å². The van der Waals surface area contributed by atoms with Crippen LogP contribution in [0.4, 0.5) is 5.69 Å². The molecule has 1 spiro atoms. The van der Waals surface area contributed by atoms with Crippen LogP contribution in [-0.2, 0) is 10.2 Å². The molecule has 20 heavy (non-hydrogen) atoms. The normalized spacial score (nSPS) is 25.5. The second-order valence-corrected chi connectivity index (χ2v) is 6.25. The van der Waals surface area contributed by atoms with E-state index in [-0.39, 0.29) is 23.7 Å². The molecule has 0 bridgehead atoms. The zero-order chi connectivity index (χ0) is 13.6. The molecule has 1 unspecified atom stereocenters. The van der Waals surface area contributed by atoms with Gasteiger partial charge < -0.3 is 5.32 Å². The first-order valence-electron chi connectivity index (χ1n) is 7.19. The Morgan fingerprint density at radius 1 is 1.35 bits per heavy atom. The summed E-state index contributed by atoms with van der Waals surface area (Å²) in [7, 11) is 0. The number of amides is 1. The van der Waals surface area contributed by atoms with E-state index in [1.165, 1.54) is 11.1 Å². The molecule has 1 amide bonds. The summed E-state index contributed by atoms with van der Waals surface area (Å²) in [4.78, 5) is 15.0. The van der Waals surface area contributed by atoms with Crippen LogP contribution in [0, 0.1) is 6.92 Å². The zero-order valence-corrected chi connectivity index (χ0v) is 13.2. The third-order valence-electron chi connectivity index (χ3n) is 4.63. The van der Waals surface area contributed by atoms with Gasteiger partial charge in [-0.25, -0.2) is 0 Å². The van der Waals surface area contributed by atoms with Crippen LogP contribution in [0.3, 0.4) is 0 Å². The number of piperidine rings is 1. The Kier molecular flexibility index (Phi) is 4.12. The van der Waals surface area contributed by atoms with E-state index < -0.39 is 0 Å². The summed E-state index contributed by atoms with van der Waals surface area (Å²) in [6.07, 6.45) is 2.07. The Labute approximate surface area is 127 Å². The molecule has 2 aliphatic heterocycles. The maximum atomic E-state index is 12.5. The van der Waals surface area contributed by atoms with Crippen molar-refractivity contribution in [3.8, 4) is 0 Å². The van der Waals surface area contributed by atoms with Crippen LogP contribution in [0.15, 0.2) is 18.2 Å². The summed E-state index contributed by atoms with van der Waals surface area (Å²) in [6.45, 7) is 8.45. The summed E-state index contributed by atoms with van der Waals surface area (Å²) in [5.41, 5.74) is 3.11. The van der Waals surface area contributed by atoms with Crippen LogP contribution in [0.25, 0.3) is 0 Å². The summed E-state index contributed by atoms with van der Waals surface area (Å²) in [5.74, 6) is 0.193. The Morgan fingerprint density at radius 2 is 2.10 bits per heavy atom. The van der Waals surface area contributed by atoms with Crippen LogP contribution in [0.1, 0.15) is 37.8 Å². The smallest absolute Gasteiger partial charge is 0.236 e. The van der Waals surface area contributed by atoms with Crippen LogP contribution in [0.2, 0.25) is 0 Å². The molecule has 1 atom stereocenters. The van der Waals surface area contributed by atoms with Gasteiger partial charge in [0, 0.05) is 18.3 Å². The maximum absolute atomic E-state index is 12.5. The second kappa shape index (κ2) is 5.38. The minimum absolute atomic E-state index is 0. The fourth-order valence-electron chi connectivity index (χ4n) is 3.48. The number of benzene rings is 1. The lowest BCUT2D eigenvalue weighted by molar-refractivity contribution is -0.123. The van der Waals surface area contributed by atoms with Crippen LogP contribution >= 0.6 is 12.4 Å². The first-order valence-corrected chi connectivity index (χ1v) is 7.19. The lowest BCUT2D eigenvalue weighted by Crippen LogP contribution is -2.51. The molecule has 110 valence electrons. The highest BCUT2D eigenvalue weighted by Gasteiger charge is 2.49. The van der Waals surface area contributed by atoms with Crippen LogP contribution in [0.5, 0.6) is 0 Å². The van der Waals surface area contributed by atoms with E-state index in [2.05, 4.69) is 49.2 Å². The lowest BCUT2D eigenvalue weighted by Gasteiger charge is -2.41. The monoisotopic (exact) mass is 294 g/mol. The van der Waals surface area contributed by atoms with Crippen molar-refractivity contribution in [2.24, 2.45) is 0 Å². The minimum atomic E-state index is -0.314. The first-order chi connectivity index (χ1) is 9.03. The number of nitrogens with one attached hydrogen (secondary N) is 1. The molecule has 1 saturated heterocycles. The van der Waals surface area contributed by atoms with Gasteiger partial charge in [0.2, 0.25) is 5.91 Å². The standard InChI is InChI=1S/C16H22N2O.ClH/c1-11(2)18-8-4-7-16(10-18)13-6-5-12(3)9-14(13)17-15(16)19;/h5-6,9,11H,4,7-8,10H2,1-3H3,(H,17,19);1H. The highest BCUT2D eigenvalue weighted by atomic mass is 35.5. The van der Waals surface area contributed by atoms with Gasteiger partial charge in [-0.1, -0.05) is 12.1 Å². The number of anilines is 1. The fraction of sp³-hybridized carbons (Fsp3) is 0.562. The number of carbonyl (C=O) groups is 1. The van der Waals surface area contributed by atoms with E-state index in [9.17, 15) is 4.79 Å². The quantitative estimate of drug-likeness (QED) is 0.863. The van der Waals surface area contributed by atoms with Crippen LogP contribution in [-0.4, -0.2) is 29.9 Å². The predicted molar refractivity (Wildman–Crippen MR) is 84.7 cm³/mol. The van der Waals surface area contributed by atoms with Gasteiger partial charge in [-0.15, -0.1) is 12.4 Å². The number of hydrogen-bond acceptors (Lipinski definition) is 2. The van der Waals surface area contributed by atoms with Crippen molar-refractivity contribution >= 4 is 24.0 Å². The zero-order valence-electron chi connectivity index (χ0n) is 12.4. The molecule has 1 fully saturated rings. The third-order valence-corrected chi connectivity index (χ3v) is 4.63. The number of carbonyl (C=O) groups excluding carboxylic acids is 1. The highest BCUT2D eigenvalue weighted by molar-refractivity contribution is 6.06. The molecule has 3 nitrogen and oxygen atoms in total. The van der Waals surface area contributed by atoms with Crippen molar-refractivity contribution in [2.45, 2.75) is 45.1 Å². The Bertz CT molecular complexity index is 529. The van der Waals surface area contributed by atoms with Gasteiger partial charge in [-0.05, 0) is 57.4 Å². The van der Waals surface area contributed by atoms with Gasteiger partial charge in [-0.2, -0.15) is 0 Å². The molecular weight excluding hydrogens is 272 g/mol. The van der Waals surface area contributed by atoms with Crippen molar-refractivity contribution in [2.75, 3.05) is 18.4 Å². The largest absolute Gasteiger partial charge is 0.325 e. The van der Waals surface area contributed by atoms with E-state index in [0.717, 1.165) is 31.6 Å². The van der Waals surface area contributed by atoms with E-state index in [1.54, 1.807) is 0 Å². The Morgan fingerprint density at radius 3 is 2.80 bits per heavy atom. The number of fused-ring (bicyclic) bond motifs is 2. The second-order valence-electron chi connectivity index (χ2n) is 6.25. The number of likely N-dealkylation sites (tertiary alicyclic amines) is 1. The summed E-state index contributed by atoms with van der Waals surface area (Å²) >= 11 is 0. The van der Waals surface area contributed by atoms with Gasteiger partial charge in [0.05, 0.1) is 5.41 Å². The minimum Gasteiger partial charge on any atom is -0.325 e. The topological polar surface area (TPSA) is 32.3 Å². The molecule has 0 aromatic heterocycles. The molecule has 4 heteroatoms. The van der Waals surface area contributed by atoms with E-state index >= 15 is 0 Å². The molecule has 0 aliphatic carbocycles. The number of aryl methyl sites for hydroxylation is 1. The molecule has 2 heterocycles. The molecule has 0 saturated carbocycles. The van der Waals surface area contributed by atoms with Gasteiger partial charge in [0.1, 0.15) is 0 Å². The van der Waals surface area contributed by atoms with Gasteiger partial charge >= 0.3 is 0 Å². The SMILES string of the molecule is Cc1ccc2c(c1)NC(=O)C21CCCN(C(C)C)C1.Cl. The van der Waals surface area contributed by atoms with E-state index in [0.29, 0.717) is 6.04 Å². The molecule has 1 aromatic carbocycles. The average molecular weight is 295 g/mol. The van der Waals surface area contributed by atoms with Crippen LogP contribution < -0.4 is 5.32 Å². The van der Waals surface area contributed by atoms with Gasteiger partial charge in [0.25, 0.3) is 0 Å². The van der Waals surface area contributed by atoms with E-state index in [1.807, 2.05) is 0 Å². The molecule has 1 N–H and O–H groups in total. The number of nitrogens with zero attached hydrogens (tertiary/aromatic N) is 1. The molecule has 3 rings (SSSR count). The summed E-state index contributed by atoms with van der Waals surface area (Å²) in [6, 6.07) is 6.86. The number of rotatable bonds is 1.